The van der Waals surface area contributed by atoms with E-state index in [1.807, 2.05) is 53.3 Å². The molecule has 8 heteroatoms. The molecule has 0 aliphatic heterocycles. The number of aryl methyl sites for hydroxylation is 1. The second kappa shape index (κ2) is 9.80. The number of hydrogen-bond donors (Lipinski definition) is 1. The Morgan fingerprint density at radius 1 is 1.32 bits per heavy atom. The molecule has 0 fully saturated rings. The van der Waals surface area contributed by atoms with Crippen LogP contribution in [-0.2, 0) is 11.2 Å². The molecule has 1 amide bonds. The number of carbonyl (C=O) groups is 1. The van der Waals surface area contributed by atoms with Gasteiger partial charge in [0.15, 0.2) is 11.5 Å². The van der Waals surface area contributed by atoms with Crippen LogP contribution >= 0.6 is 23.4 Å². The van der Waals surface area contributed by atoms with Gasteiger partial charge in [-0.3, -0.25) is 9.20 Å². The van der Waals surface area contributed by atoms with Gasteiger partial charge in [-0.25, -0.2) is 0 Å². The summed E-state index contributed by atoms with van der Waals surface area (Å²) in [5.41, 5.74) is 1.77. The van der Waals surface area contributed by atoms with Gasteiger partial charge in [0.2, 0.25) is 5.91 Å². The zero-order chi connectivity index (χ0) is 19.9. The number of hydrogen-bond acceptors (Lipinski definition) is 5. The van der Waals surface area contributed by atoms with E-state index in [0.29, 0.717) is 23.6 Å². The number of rotatable bonds is 9. The van der Waals surface area contributed by atoms with Gasteiger partial charge in [0, 0.05) is 12.6 Å². The fourth-order valence-electron chi connectivity index (χ4n) is 2.99. The molecule has 148 valence electrons. The number of fused-ring (bicyclic) bond motifs is 1. The second-order valence-electron chi connectivity index (χ2n) is 6.36. The molecule has 0 bridgehead atoms. The third-order valence-corrected chi connectivity index (χ3v) is 5.39. The lowest BCUT2D eigenvalue weighted by molar-refractivity contribution is -0.121. The minimum atomic E-state index is -0.184. The van der Waals surface area contributed by atoms with E-state index in [1.54, 1.807) is 18.9 Å². The largest absolute Gasteiger partial charge is 0.495 e. The summed E-state index contributed by atoms with van der Waals surface area (Å²) in [5, 5.41) is 12.2. The van der Waals surface area contributed by atoms with Gasteiger partial charge in [-0.2, -0.15) is 11.8 Å². The monoisotopic (exact) mass is 418 g/mol. The number of ether oxygens (including phenoxy) is 1. The van der Waals surface area contributed by atoms with Gasteiger partial charge < -0.3 is 10.1 Å². The first-order chi connectivity index (χ1) is 13.6. The van der Waals surface area contributed by atoms with Gasteiger partial charge in [-0.1, -0.05) is 23.7 Å². The predicted octanol–water partition coefficient (Wildman–Crippen LogP) is 3.93. The van der Waals surface area contributed by atoms with Crippen molar-refractivity contribution in [3.8, 4) is 5.75 Å². The smallest absolute Gasteiger partial charge is 0.220 e. The summed E-state index contributed by atoms with van der Waals surface area (Å²) in [7, 11) is 1.58. The maximum absolute atomic E-state index is 12.6. The highest BCUT2D eigenvalue weighted by Gasteiger charge is 2.20. The zero-order valence-corrected chi connectivity index (χ0v) is 17.5. The van der Waals surface area contributed by atoms with Crippen molar-refractivity contribution in [1.29, 1.82) is 0 Å². The van der Waals surface area contributed by atoms with Crippen LogP contribution in [0.2, 0.25) is 5.02 Å². The second-order valence-corrected chi connectivity index (χ2v) is 7.75. The topological polar surface area (TPSA) is 68.5 Å². The summed E-state index contributed by atoms with van der Waals surface area (Å²) in [6, 6.07) is 11.2. The average Bonchev–Trinajstić information content (AvgIpc) is 3.14. The molecule has 2 heterocycles. The van der Waals surface area contributed by atoms with Gasteiger partial charge >= 0.3 is 0 Å². The van der Waals surface area contributed by atoms with Gasteiger partial charge in [-0.15, -0.1) is 10.2 Å². The Bertz CT molecular complexity index is 947. The van der Waals surface area contributed by atoms with Crippen LogP contribution in [0.15, 0.2) is 42.6 Å². The lowest BCUT2D eigenvalue weighted by Gasteiger charge is -2.17. The molecule has 3 rings (SSSR count). The first-order valence-electron chi connectivity index (χ1n) is 9.02. The van der Waals surface area contributed by atoms with E-state index in [4.69, 9.17) is 16.3 Å². The fraction of sp³-hybridized carbons (Fsp3) is 0.350. The first kappa shape index (κ1) is 20.5. The Morgan fingerprint density at radius 3 is 2.93 bits per heavy atom. The van der Waals surface area contributed by atoms with Gasteiger partial charge in [0.25, 0.3) is 0 Å². The molecule has 0 aliphatic carbocycles. The highest BCUT2D eigenvalue weighted by molar-refractivity contribution is 7.98. The number of pyridine rings is 1. The van der Waals surface area contributed by atoms with Crippen LogP contribution in [0.5, 0.6) is 5.75 Å². The summed E-state index contributed by atoms with van der Waals surface area (Å²) in [6.07, 6.45) is 5.73. The number of amides is 1. The third kappa shape index (κ3) is 4.97. The SMILES string of the molecule is COc1ccc(CCC(=O)NC(CCSC)c2nnc3ccccn23)cc1Cl. The van der Waals surface area contributed by atoms with Crippen molar-refractivity contribution in [2.45, 2.75) is 25.3 Å². The standard InChI is InChI=1S/C20H23ClN4O2S/c1-27-17-8-6-14(13-15(17)21)7-9-19(26)22-16(10-12-28-2)20-24-23-18-5-3-4-11-25(18)20/h3-6,8,11,13,16H,7,9-10,12H2,1-2H3,(H,22,26). The van der Waals surface area contributed by atoms with Crippen LogP contribution in [0.4, 0.5) is 0 Å². The molecule has 0 spiro atoms. The van der Waals surface area contributed by atoms with Crippen LogP contribution in [0.1, 0.15) is 30.3 Å². The van der Waals surface area contributed by atoms with Gasteiger partial charge in [0.1, 0.15) is 5.75 Å². The van der Waals surface area contributed by atoms with Crippen molar-refractivity contribution in [3.63, 3.8) is 0 Å². The van der Waals surface area contributed by atoms with E-state index < -0.39 is 0 Å². The molecule has 0 radical (unpaired) electrons. The fourth-order valence-corrected chi connectivity index (χ4v) is 3.74. The van der Waals surface area contributed by atoms with E-state index >= 15 is 0 Å². The van der Waals surface area contributed by atoms with Gasteiger partial charge in [-0.05, 0) is 54.7 Å². The third-order valence-electron chi connectivity index (χ3n) is 4.45. The molecule has 1 unspecified atom stereocenters. The first-order valence-corrected chi connectivity index (χ1v) is 10.8. The Labute approximate surface area is 173 Å². The van der Waals surface area contributed by atoms with E-state index in [1.165, 1.54) is 0 Å². The number of nitrogens with one attached hydrogen (secondary N) is 1. The molecule has 1 atom stereocenters. The molecule has 0 saturated heterocycles. The van der Waals surface area contributed by atoms with E-state index in [9.17, 15) is 4.79 Å². The summed E-state index contributed by atoms with van der Waals surface area (Å²) >= 11 is 7.90. The number of benzene rings is 1. The van der Waals surface area contributed by atoms with Gasteiger partial charge in [0.05, 0.1) is 18.2 Å². The average molecular weight is 419 g/mol. The Hall–Kier alpha value is -2.25. The maximum atomic E-state index is 12.6. The maximum Gasteiger partial charge on any atom is 0.220 e. The number of nitrogens with zero attached hydrogens (tertiary/aromatic N) is 3. The predicted molar refractivity (Wildman–Crippen MR) is 113 cm³/mol. The van der Waals surface area contributed by atoms with Crippen LogP contribution in [0.3, 0.4) is 0 Å². The van der Waals surface area contributed by atoms with Crippen LogP contribution < -0.4 is 10.1 Å². The molecular formula is C20H23ClN4O2S. The summed E-state index contributed by atoms with van der Waals surface area (Å²) < 4.78 is 7.09. The summed E-state index contributed by atoms with van der Waals surface area (Å²) in [6.45, 7) is 0. The molecule has 0 saturated carbocycles. The molecule has 1 aromatic carbocycles. The lowest BCUT2D eigenvalue weighted by Crippen LogP contribution is -2.30. The molecule has 2 aromatic heterocycles. The van der Waals surface area contributed by atoms with Crippen LogP contribution in [0, 0.1) is 0 Å². The minimum absolute atomic E-state index is 0.0225. The van der Waals surface area contributed by atoms with Crippen molar-refractivity contribution >= 4 is 34.9 Å². The number of aromatic nitrogens is 3. The number of carbonyl (C=O) groups excluding carboxylic acids is 1. The Kier molecular flexibility index (Phi) is 7.17. The number of halogens is 1. The van der Waals surface area contributed by atoms with Crippen LogP contribution in [0.25, 0.3) is 5.65 Å². The highest BCUT2D eigenvalue weighted by atomic mass is 35.5. The molecular weight excluding hydrogens is 396 g/mol. The molecule has 3 aromatic rings. The minimum Gasteiger partial charge on any atom is -0.495 e. The highest BCUT2D eigenvalue weighted by Crippen LogP contribution is 2.25. The molecule has 28 heavy (non-hydrogen) atoms. The van der Waals surface area contributed by atoms with E-state index in [0.717, 1.165) is 29.2 Å². The molecule has 1 N–H and O–H groups in total. The van der Waals surface area contributed by atoms with Crippen molar-refractivity contribution in [3.05, 3.63) is 59.0 Å². The summed E-state index contributed by atoms with van der Waals surface area (Å²) in [5.74, 6) is 2.28. The Balaban J connectivity index is 1.67. The van der Waals surface area contributed by atoms with E-state index in [2.05, 4.69) is 15.5 Å². The molecule has 6 nitrogen and oxygen atoms in total. The van der Waals surface area contributed by atoms with Crippen LogP contribution in [-0.4, -0.2) is 39.6 Å². The van der Waals surface area contributed by atoms with Crippen molar-refractivity contribution in [2.75, 3.05) is 19.1 Å². The number of thioether (sulfide) groups is 1. The summed E-state index contributed by atoms with van der Waals surface area (Å²) in [4.78, 5) is 12.6. The normalized spacial score (nSPS) is 12.1. The van der Waals surface area contributed by atoms with Crippen molar-refractivity contribution < 1.29 is 9.53 Å². The molecule has 0 aliphatic rings. The Morgan fingerprint density at radius 2 is 2.18 bits per heavy atom. The zero-order valence-electron chi connectivity index (χ0n) is 15.9. The van der Waals surface area contributed by atoms with Crippen molar-refractivity contribution in [1.82, 2.24) is 19.9 Å². The number of methoxy groups -OCH3 is 1. The quantitative estimate of drug-likeness (QED) is 0.570. The lowest BCUT2D eigenvalue weighted by atomic mass is 10.1. The van der Waals surface area contributed by atoms with E-state index in [-0.39, 0.29) is 11.9 Å². The van der Waals surface area contributed by atoms with Crippen molar-refractivity contribution in [2.24, 2.45) is 0 Å².